The molecule has 4 nitrogen and oxygen atoms in total. The molecule has 5 heteroatoms. The number of hydrogen-bond donors (Lipinski definition) is 1. The van der Waals surface area contributed by atoms with Crippen molar-refractivity contribution in [1.29, 1.82) is 0 Å². The van der Waals surface area contributed by atoms with Crippen LogP contribution in [-0.2, 0) is 24.3 Å². The molecule has 0 amide bonds. The largest absolute Gasteiger partial charge is 0.305 e. The Bertz CT molecular complexity index is 298. The molecule has 1 N–H and O–H groups in total. The average Bonchev–Trinajstić information content (AvgIpc) is 2.52. The Balaban J connectivity index is 2.92. The SMILES string of the molecule is CCc1nn(CC)c(CNOC)c1Cl. The van der Waals surface area contributed by atoms with Gasteiger partial charge >= 0.3 is 0 Å². The molecule has 14 heavy (non-hydrogen) atoms. The Morgan fingerprint density at radius 1 is 1.50 bits per heavy atom. The van der Waals surface area contributed by atoms with E-state index < -0.39 is 0 Å². The minimum absolute atomic E-state index is 0.580. The summed E-state index contributed by atoms with van der Waals surface area (Å²) < 4.78 is 1.90. The van der Waals surface area contributed by atoms with Crippen molar-refractivity contribution in [2.24, 2.45) is 0 Å². The van der Waals surface area contributed by atoms with Gasteiger partial charge in [0.15, 0.2) is 0 Å². The third-order valence-corrected chi connectivity index (χ3v) is 2.51. The van der Waals surface area contributed by atoms with Crippen molar-refractivity contribution in [3.05, 3.63) is 16.4 Å². The molecule has 1 heterocycles. The van der Waals surface area contributed by atoms with Crippen LogP contribution in [0, 0.1) is 0 Å². The summed E-state index contributed by atoms with van der Waals surface area (Å²) in [5, 5.41) is 5.14. The van der Waals surface area contributed by atoms with Crippen molar-refractivity contribution in [3.8, 4) is 0 Å². The van der Waals surface area contributed by atoms with Crippen molar-refractivity contribution >= 4 is 11.6 Å². The van der Waals surface area contributed by atoms with Crippen LogP contribution in [-0.4, -0.2) is 16.9 Å². The Labute approximate surface area is 89.1 Å². The summed E-state index contributed by atoms with van der Waals surface area (Å²) in [7, 11) is 1.58. The highest BCUT2D eigenvalue weighted by atomic mass is 35.5. The fourth-order valence-electron chi connectivity index (χ4n) is 1.33. The van der Waals surface area contributed by atoms with Gasteiger partial charge in [0.05, 0.1) is 30.1 Å². The normalized spacial score (nSPS) is 10.9. The first kappa shape index (κ1) is 11.5. The summed E-state index contributed by atoms with van der Waals surface area (Å²) in [5.41, 5.74) is 4.70. The van der Waals surface area contributed by atoms with Crippen LogP contribution >= 0.6 is 11.6 Å². The fraction of sp³-hybridized carbons (Fsp3) is 0.667. The lowest BCUT2D eigenvalue weighted by Crippen LogP contribution is -2.15. The van der Waals surface area contributed by atoms with Crippen molar-refractivity contribution in [2.45, 2.75) is 33.4 Å². The van der Waals surface area contributed by atoms with Gasteiger partial charge in [-0.1, -0.05) is 18.5 Å². The van der Waals surface area contributed by atoms with Gasteiger partial charge in [0, 0.05) is 6.54 Å². The highest BCUT2D eigenvalue weighted by Crippen LogP contribution is 2.21. The van der Waals surface area contributed by atoms with E-state index in [-0.39, 0.29) is 0 Å². The summed E-state index contributed by atoms with van der Waals surface area (Å²) in [6.45, 7) is 5.48. The highest BCUT2D eigenvalue weighted by Gasteiger charge is 2.13. The van der Waals surface area contributed by atoms with E-state index >= 15 is 0 Å². The van der Waals surface area contributed by atoms with Gasteiger partial charge in [-0.25, -0.2) is 0 Å². The Kier molecular flexibility index (Phi) is 4.38. The van der Waals surface area contributed by atoms with Gasteiger partial charge in [0.2, 0.25) is 0 Å². The van der Waals surface area contributed by atoms with Crippen LogP contribution in [0.5, 0.6) is 0 Å². The number of aromatic nitrogens is 2. The van der Waals surface area contributed by atoms with Gasteiger partial charge in [0.25, 0.3) is 0 Å². The summed E-state index contributed by atoms with van der Waals surface area (Å²) in [6.07, 6.45) is 0.853. The van der Waals surface area contributed by atoms with Gasteiger partial charge in [-0.05, 0) is 13.3 Å². The summed E-state index contributed by atoms with van der Waals surface area (Å²) >= 11 is 6.17. The molecular formula is C9H16ClN3O. The van der Waals surface area contributed by atoms with Crippen LogP contribution in [0.3, 0.4) is 0 Å². The molecule has 1 rings (SSSR count). The molecule has 0 saturated heterocycles. The summed E-state index contributed by atoms with van der Waals surface area (Å²) in [6, 6.07) is 0. The first-order valence-electron chi connectivity index (χ1n) is 4.74. The second kappa shape index (κ2) is 5.34. The van der Waals surface area contributed by atoms with E-state index in [0.717, 1.165) is 29.4 Å². The van der Waals surface area contributed by atoms with Gasteiger partial charge in [0.1, 0.15) is 0 Å². The molecule has 0 unspecified atom stereocenters. The molecule has 0 atom stereocenters. The average molecular weight is 218 g/mol. The van der Waals surface area contributed by atoms with E-state index in [2.05, 4.69) is 10.6 Å². The van der Waals surface area contributed by atoms with Crippen LogP contribution in [0.15, 0.2) is 0 Å². The molecule has 1 aromatic rings. The molecule has 1 aromatic heterocycles. The van der Waals surface area contributed by atoms with E-state index in [9.17, 15) is 0 Å². The number of hydroxylamine groups is 1. The Hall–Kier alpha value is -0.580. The zero-order valence-corrected chi connectivity index (χ0v) is 9.56. The van der Waals surface area contributed by atoms with Crippen LogP contribution in [0.2, 0.25) is 5.02 Å². The Morgan fingerprint density at radius 2 is 2.21 bits per heavy atom. The van der Waals surface area contributed by atoms with Gasteiger partial charge in [-0.2, -0.15) is 10.6 Å². The van der Waals surface area contributed by atoms with Crippen LogP contribution in [0.4, 0.5) is 0 Å². The zero-order chi connectivity index (χ0) is 10.6. The maximum atomic E-state index is 6.17. The minimum Gasteiger partial charge on any atom is -0.305 e. The molecule has 0 saturated carbocycles. The van der Waals surface area contributed by atoms with Crippen LogP contribution < -0.4 is 5.48 Å². The van der Waals surface area contributed by atoms with Crippen molar-refractivity contribution in [1.82, 2.24) is 15.3 Å². The van der Waals surface area contributed by atoms with E-state index in [1.807, 2.05) is 18.5 Å². The van der Waals surface area contributed by atoms with Crippen molar-refractivity contribution < 1.29 is 4.84 Å². The lowest BCUT2D eigenvalue weighted by atomic mass is 10.3. The zero-order valence-electron chi connectivity index (χ0n) is 8.80. The number of aryl methyl sites for hydroxylation is 2. The predicted octanol–water partition coefficient (Wildman–Crippen LogP) is 1.77. The summed E-state index contributed by atoms with van der Waals surface area (Å²) in [4.78, 5) is 4.79. The Morgan fingerprint density at radius 3 is 2.71 bits per heavy atom. The lowest BCUT2D eigenvalue weighted by molar-refractivity contribution is 0.0848. The molecule has 80 valence electrons. The lowest BCUT2D eigenvalue weighted by Gasteiger charge is -2.04. The van der Waals surface area contributed by atoms with E-state index in [1.54, 1.807) is 7.11 Å². The van der Waals surface area contributed by atoms with Crippen molar-refractivity contribution in [2.75, 3.05) is 7.11 Å². The van der Waals surface area contributed by atoms with Gasteiger partial charge in [-0.15, -0.1) is 0 Å². The predicted molar refractivity (Wildman–Crippen MR) is 56.1 cm³/mol. The maximum absolute atomic E-state index is 6.17. The second-order valence-electron chi connectivity index (χ2n) is 2.90. The van der Waals surface area contributed by atoms with Gasteiger partial charge < -0.3 is 4.84 Å². The molecule has 0 aromatic carbocycles. The molecule has 0 aliphatic carbocycles. The molecule has 0 bridgehead atoms. The standard InChI is InChI=1S/C9H16ClN3O/c1-4-7-9(10)8(6-11-14-3)13(5-2)12-7/h11H,4-6H2,1-3H3. The quantitative estimate of drug-likeness (QED) is 0.765. The number of nitrogens with one attached hydrogen (secondary N) is 1. The third kappa shape index (κ3) is 2.26. The minimum atomic E-state index is 0.580. The van der Waals surface area contributed by atoms with Crippen molar-refractivity contribution in [3.63, 3.8) is 0 Å². The smallest absolute Gasteiger partial charge is 0.0864 e. The monoisotopic (exact) mass is 217 g/mol. The topological polar surface area (TPSA) is 39.1 Å². The van der Waals surface area contributed by atoms with E-state index in [1.165, 1.54) is 0 Å². The van der Waals surface area contributed by atoms with Crippen LogP contribution in [0.25, 0.3) is 0 Å². The molecule has 0 radical (unpaired) electrons. The van der Waals surface area contributed by atoms with Gasteiger partial charge in [-0.3, -0.25) is 4.68 Å². The summed E-state index contributed by atoms with van der Waals surface area (Å²) in [5.74, 6) is 0. The maximum Gasteiger partial charge on any atom is 0.0864 e. The van der Waals surface area contributed by atoms with Crippen LogP contribution in [0.1, 0.15) is 25.2 Å². The number of halogens is 1. The number of rotatable bonds is 5. The molecule has 0 fully saturated rings. The number of nitrogens with zero attached hydrogens (tertiary/aromatic N) is 2. The third-order valence-electron chi connectivity index (χ3n) is 2.08. The second-order valence-corrected chi connectivity index (χ2v) is 3.28. The number of hydrogen-bond acceptors (Lipinski definition) is 3. The van der Waals surface area contributed by atoms with E-state index in [4.69, 9.17) is 16.4 Å². The molecule has 0 aliphatic heterocycles. The van der Waals surface area contributed by atoms with E-state index in [0.29, 0.717) is 6.54 Å². The fourth-order valence-corrected chi connectivity index (χ4v) is 1.66. The molecule has 0 aliphatic rings. The molecular weight excluding hydrogens is 202 g/mol. The highest BCUT2D eigenvalue weighted by molar-refractivity contribution is 6.31. The first-order chi connectivity index (χ1) is 6.74. The first-order valence-corrected chi connectivity index (χ1v) is 5.12. The molecule has 0 spiro atoms.